The molecule has 2 aliphatic heterocycles. The number of hydrogen-bond acceptors (Lipinski definition) is 5. The first kappa shape index (κ1) is 12.5. The molecule has 1 unspecified atom stereocenters. The quantitative estimate of drug-likeness (QED) is 0.828. The lowest BCUT2D eigenvalue weighted by Gasteiger charge is -2.19. The number of nitrogens with one attached hydrogen (secondary N) is 1. The summed E-state index contributed by atoms with van der Waals surface area (Å²) < 4.78 is 5.56. The van der Waals surface area contributed by atoms with Crippen LogP contribution in [0.15, 0.2) is 0 Å². The van der Waals surface area contributed by atoms with Crippen molar-refractivity contribution in [3.05, 3.63) is 22.8 Å². The van der Waals surface area contributed by atoms with Gasteiger partial charge in [-0.15, -0.1) is 0 Å². The Labute approximate surface area is 111 Å². The summed E-state index contributed by atoms with van der Waals surface area (Å²) in [5.74, 6) is -0.374. The van der Waals surface area contributed by atoms with Crippen LogP contribution in [0.25, 0.3) is 0 Å². The van der Waals surface area contributed by atoms with Crippen LogP contribution in [0.2, 0.25) is 0 Å². The van der Waals surface area contributed by atoms with E-state index in [2.05, 4.69) is 15.3 Å². The van der Waals surface area contributed by atoms with Gasteiger partial charge in [-0.05, 0) is 25.8 Å². The van der Waals surface area contributed by atoms with E-state index in [4.69, 9.17) is 4.74 Å². The molecule has 6 nitrogen and oxygen atoms in total. The summed E-state index contributed by atoms with van der Waals surface area (Å²) in [5, 5.41) is 12.5. The molecule has 0 radical (unpaired) electrons. The Morgan fingerprint density at radius 3 is 3.11 bits per heavy atom. The highest BCUT2D eigenvalue weighted by Crippen LogP contribution is 2.19. The molecule has 6 heteroatoms. The van der Waals surface area contributed by atoms with E-state index in [-0.39, 0.29) is 11.8 Å². The average molecular weight is 263 g/mol. The minimum Gasteiger partial charge on any atom is -0.477 e. The zero-order valence-corrected chi connectivity index (χ0v) is 10.7. The Bertz CT molecular complexity index is 498. The molecule has 1 saturated heterocycles. The minimum absolute atomic E-state index is 0.135. The summed E-state index contributed by atoms with van der Waals surface area (Å²) >= 11 is 0. The highest BCUT2D eigenvalue weighted by Gasteiger charge is 2.24. The van der Waals surface area contributed by atoms with Crippen LogP contribution in [0.5, 0.6) is 0 Å². The van der Waals surface area contributed by atoms with Crippen molar-refractivity contribution in [1.82, 2.24) is 15.3 Å². The van der Waals surface area contributed by atoms with Crippen LogP contribution in [-0.4, -0.2) is 40.3 Å². The molecule has 1 atom stereocenters. The lowest BCUT2D eigenvalue weighted by molar-refractivity contribution is 0.0686. The van der Waals surface area contributed by atoms with Crippen LogP contribution in [0, 0.1) is 0 Å². The summed E-state index contributed by atoms with van der Waals surface area (Å²) in [5.41, 5.74) is 1.77. The molecule has 0 aliphatic carbocycles. The van der Waals surface area contributed by atoms with E-state index in [1.165, 1.54) is 0 Å². The highest BCUT2D eigenvalue weighted by molar-refractivity contribution is 5.87. The second-order valence-corrected chi connectivity index (χ2v) is 4.98. The summed E-state index contributed by atoms with van der Waals surface area (Å²) in [4.78, 5) is 20.1. The molecule has 0 amide bonds. The van der Waals surface area contributed by atoms with Crippen molar-refractivity contribution in [3.63, 3.8) is 0 Å². The topological polar surface area (TPSA) is 84.3 Å². The lowest BCUT2D eigenvalue weighted by atomic mass is 10.0. The first-order valence-corrected chi connectivity index (χ1v) is 6.68. The molecule has 0 saturated carbocycles. The van der Waals surface area contributed by atoms with E-state index in [0.29, 0.717) is 25.2 Å². The largest absolute Gasteiger partial charge is 0.477 e. The fourth-order valence-electron chi connectivity index (χ4n) is 2.69. The van der Waals surface area contributed by atoms with Crippen LogP contribution >= 0.6 is 0 Å². The third-order valence-corrected chi connectivity index (χ3v) is 3.62. The zero-order valence-electron chi connectivity index (χ0n) is 10.7. The Morgan fingerprint density at radius 1 is 1.47 bits per heavy atom. The number of rotatable bonds is 3. The number of aromatic nitrogens is 2. The number of carboxylic acid groups (broad SMARTS) is 1. The smallest absolute Gasteiger partial charge is 0.354 e. The molecular weight excluding hydrogens is 246 g/mol. The zero-order chi connectivity index (χ0) is 13.2. The first-order chi connectivity index (χ1) is 9.24. The van der Waals surface area contributed by atoms with Gasteiger partial charge in [0.25, 0.3) is 0 Å². The molecule has 0 spiro atoms. The standard InChI is InChI=1S/C13H17N3O3/c17-13(18)12-9-3-4-14-7-10(9)15-11(16-12)6-8-2-1-5-19-8/h8,14H,1-7H2,(H,17,18). The molecule has 2 N–H and O–H groups in total. The molecule has 1 fully saturated rings. The molecule has 2 aliphatic rings. The van der Waals surface area contributed by atoms with E-state index >= 15 is 0 Å². The van der Waals surface area contributed by atoms with Gasteiger partial charge in [-0.25, -0.2) is 14.8 Å². The minimum atomic E-state index is -0.964. The van der Waals surface area contributed by atoms with Crippen molar-refractivity contribution in [2.24, 2.45) is 0 Å². The maximum Gasteiger partial charge on any atom is 0.354 e. The number of fused-ring (bicyclic) bond motifs is 1. The number of carbonyl (C=O) groups is 1. The van der Waals surface area contributed by atoms with Crippen LogP contribution < -0.4 is 5.32 Å². The van der Waals surface area contributed by atoms with Gasteiger partial charge in [-0.2, -0.15) is 0 Å². The monoisotopic (exact) mass is 263 g/mol. The summed E-state index contributed by atoms with van der Waals surface area (Å²) in [6.07, 6.45) is 3.48. The third kappa shape index (κ3) is 2.59. The Hall–Kier alpha value is -1.53. The predicted octanol–water partition coefficient (Wildman–Crippen LogP) is 0.542. The molecule has 1 aromatic heterocycles. The van der Waals surface area contributed by atoms with Gasteiger partial charge in [0.05, 0.1) is 11.8 Å². The molecule has 0 bridgehead atoms. The number of carboxylic acids is 1. The first-order valence-electron chi connectivity index (χ1n) is 6.68. The van der Waals surface area contributed by atoms with Crippen LogP contribution in [-0.2, 0) is 24.1 Å². The van der Waals surface area contributed by atoms with Gasteiger partial charge in [0.15, 0.2) is 5.69 Å². The van der Waals surface area contributed by atoms with Crippen LogP contribution in [0.3, 0.4) is 0 Å². The Morgan fingerprint density at radius 2 is 2.37 bits per heavy atom. The van der Waals surface area contributed by atoms with Crippen molar-refractivity contribution in [1.29, 1.82) is 0 Å². The van der Waals surface area contributed by atoms with Crippen LogP contribution in [0.1, 0.15) is 40.4 Å². The van der Waals surface area contributed by atoms with E-state index in [1.54, 1.807) is 0 Å². The fraction of sp³-hybridized carbons (Fsp3) is 0.615. The van der Waals surface area contributed by atoms with Crippen molar-refractivity contribution < 1.29 is 14.6 Å². The molecular formula is C13H17N3O3. The van der Waals surface area contributed by atoms with Gasteiger partial charge >= 0.3 is 5.97 Å². The lowest BCUT2D eigenvalue weighted by Crippen LogP contribution is -2.28. The molecule has 1 aromatic rings. The van der Waals surface area contributed by atoms with Crippen LogP contribution in [0.4, 0.5) is 0 Å². The highest BCUT2D eigenvalue weighted by atomic mass is 16.5. The third-order valence-electron chi connectivity index (χ3n) is 3.62. The van der Waals surface area contributed by atoms with Crippen molar-refractivity contribution in [3.8, 4) is 0 Å². The maximum atomic E-state index is 11.3. The van der Waals surface area contributed by atoms with E-state index in [9.17, 15) is 9.90 Å². The summed E-state index contributed by atoms with van der Waals surface area (Å²) in [6.45, 7) is 2.18. The fourth-order valence-corrected chi connectivity index (χ4v) is 2.69. The maximum absolute atomic E-state index is 11.3. The molecule has 3 heterocycles. The average Bonchev–Trinajstić information content (AvgIpc) is 2.90. The molecule has 102 valence electrons. The van der Waals surface area contributed by atoms with Crippen molar-refractivity contribution >= 4 is 5.97 Å². The van der Waals surface area contributed by atoms with Gasteiger partial charge in [0.1, 0.15) is 5.82 Å². The predicted molar refractivity (Wildman–Crippen MR) is 67.1 cm³/mol. The van der Waals surface area contributed by atoms with Crippen molar-refractivity contribution in [2.45, 2.75) is 38.3 Å². The number of hydrogen-bond donors (Lipinski definition) is 2. The SMILES string of the molecule is O=C(O)c1nc(CC2CCCO2)nc2c1CCNC2. The van der Waals surface area contributed by atoms with E-state index in [0.717, 1.165) is 37.3 Å². The van der Waals surface area contributed by atoms with Gasteiger partial charge in [0, 0.05) is 25.1 Å². The second-order valence-electron chi connectivity index (χ2n) is 4.98. The molecule has 3 rings (SSSR count). The Balaban J connectivity index is 1.91. The number of aromatic carboxylic acids is 1. The second kappa shape index (κ2) is 5.22. The number of nitrogens with zero attached hydrogens (tertiary/aromatic N) is 2. The van der Waals surface area contributed by atoms with Gasteiger partial charge in [0.2, 0.25) is 0 Å². The summed E-state index contributed by atoms with van der Waals surface area (Å²) in [7, 11) is 0. The van der Waals surface area contributed by atoms with Crippen molar-refractivity contribution in [2.75, 3.05) is 13.2 Å². The van der Waals surface area contributed by atoms with E-state index < -0.39 is 5.97 Å². The van der Waals surface area contributed by atoms with E-state index in [1.807, 2.05) is 0 Å². The summed E-state index contributed by atoms with van der Waals surface area (Å²) in [6, 6.07) is 0. The van der Waals surface area contributed by atoms with Gasteiger partial charge < -0.3 is 15.2 Å². The molecule has 0 aromatic carbocycles. The van der Waals surface area contributed by atoms with Gasteiger partial charge in [-0.1, -0.05) is 0 Å². The Kier molecular flexibility index (Phi) is 3.44. The molecule has 19 heavy (non-hydrogen) atoms. The normalized spacial score (nSPS) is 22.2. The number of ether oxygens (including phenoxy) is 1. The van der Waals surface area contributed by atoms with Gasteiger partial charge in [-0.3, -0.25) is 0 Å².